The number of piperazine rings is 1. The molecule has 1 unspecified atom stereocenters. The van der Waals surface area contributed by atoms with Crippen LogP contribution in [0.1, 0.15) is 31.9 Å². The average Bonchev–Trinajstić information content (AvgIpc) is 3.10. The Balaban J connectivity index is 1.22. The lowest BCUT2D eigenvalue weighted by Gasteiger charge is -2.34. The molecular weight excluding hydrogens is 647 g/mol. The second kappa shape index (κ2) is 12.4. The van der Waals surface area contributed by atoms with Gasteiger partial charge in [0, 0.05) is 31.7 Å². The van der Waals surface area contributed by atoms with Crippen molar-refractivity contribution in [3.8, 4) is 0 Å². The number of rotatable bonds is 7. The number of hydrogen-bond acceptors (Lipinski definition) is 5. The van der Waals surface area contributed by atoms with Gasteiger partial charge in [-0.1, -0.05) is 97.1 Å². The Morgan fingerprint density at radius 3 is 1.81 bits per heavy atom. The zero-order valence-electron chi connectivity index (χ0n) is 25.6. The van der Waals surface area contributed by atoms with Crippen molar-refractivity contribution in [3.05, 3.63) is 138 Å². The molecule has 0 spiro atoms. The third-order valence-corrected chi connectivity index (χ3v) is 12.0. The van der Waals surface area contributed by atoms with Crippen LogP contribution in [-0.4, -0.2) is 65.3 Å². The Morgan fingerprint density at radius 1 is 0.625 bits per heavy atom. The van der Waals surface area contributed by atoms with Crippen LogP contribution < -0.4 is 0 Å². The topological polar surface area (TPSA) is 132 Å². The van der Waals surface area contributed by atoms with E-state index in [1.54, 1.807) is 84.9 Å². The summed E-state index contributed by atoms with van der Waals surface area (Å²) in [5.41, 5.74) is -1.78. The molecule has 48 heavy (non-hydrogen) atoms. The van der Waals surface area contributed by atoms with Gasteiger partial charge in [-0.15, -0.1) is 0 Å². The number of carbonyl (C=O) groups excluding carboxylic acids is 2. The van der Waals surface area contributed by atoms with Crippen molar-refractivity contribution in [3.63, 3.8) is 0 Å². The van der Waals surface area contributed by atoms with Crippen LogP contribution in [0.4, 0.5) is 0 Å². The van der Waals surface area contributed by atoms with Crippen molar-refractivity contribution in [2.45, 2.75) is 10.6 Å². The molecule has 242 valence electrons. The van der Waals surface area contributed by atoms with E-state index in [0.717, 1.165) is 10.8 Å². The van der Waals surface area contributed by atoms with E-state index < -0.39 is 35.0 Å². The summed E-state index contributed by atoms with van der Waals surface area (Å²) < 4.78 is 41.6. The molecule has 1 saturated heterocycles. The van der Waals surface area contributed by atoms with Gasteiger partial charge in [-0.2, -0.15) is 4.31 Å². The number of sulfonamides is 1. The Morgan fingerprint density at radius 2 is 1.17 bits per heavy atom. The van der Waals surface area contributed by atoms with E-state index in [1.165, 1.54) is 21.3 Å². The van der Waals surface area contributed by atoms with Gasteiger partial charge in [0.15, 0.2) is 5.78 Å². The number of hydrogen-bond donors (Lipinski definition) is 2. The first-order chi connectivity index (χ1) is 23.0. The van der Waals surface area contributed by atoms with E-state index in [1.807, 2.05) is 24.3 Å². The quantitative estimate of drug-likeness (QED) is 0.148. The third kappa shape index (κ3) is 5.83. The van der Waals surface area contributed by atoms with Gasteiger partial charge in [0.05, 0.1) is 10.5 Å². The summed E-state index contributed by atoms with van der Waals surface area (Å²) in [6.45, 7) is 0.215. The highest BCUT2D eigenvalue weighted by atomic mass is 32.2. The van der Waals surface area contributed by atoms with E-state index in [-0.39, 0.29) is 47.8 Å². The lowest BCUT2D eigenvalue weighted by Crippen LogP contribution is -2.50. The second-order valence-corrected chi connectivity index (χ2v) is 15.5. The van der Waals surface area contributed by atoms with Gasteiger partial charge in [0.25, 0.3) is 5.91 Å². The van der Waals surface area contributed by atoms with Gasteiger partial charge < -0.3 is 14.7 Å². The molecule has 0 aromatic heterocycles. The summed E-state index contributed by atoms with van der Waals surface area (Å²) in [4.78, 5) is 51.4. The monoisotopic (exact) mass is 678 g/mol. The Hall–Kier alpha value is -4.70. The van der Waals surface area contributed by atoms with Crippen LogP contribution in [0.2, 0.25) is 0 Å². The number of ketones is 1. The molecule has 0 bridgehead atoms. The molecule has 1 aliphatic heterocycles. The third-order valence-electron chi connectivity index (χ3n) is 8.97. The second-order valence-electron chi connectivity index (χ2n) is 11.9. The fourth-order valence-electron chi connectivity index (χ4n) is 6.51. The zero-order valence-corrected chi connectivity index (χ0v) is 27.3. The van der Waals surface area contributed by atoms with Crippen molar-refractivity contribution in [1.29, 1.82) is 0 Å². The Bertz CT molecular complexity index is 2390. The lowest BCUT2D eigenvalue weighted by molar-refractivity contribution is 0.0693. The minimum atomic E-state index is -5.09. The molecule has 6 aromatic carbocycles. The maximum absolute atomic E-state index is 14.4. The minimum Gasteiger partial charge on any atom is -0.336 e. The normalized spacial score (nSPS) is 15.2. The molecule has 2 N–H and O–H groups in total. The molecule has 6 aromatic rings. The van der Waals surface area contributed by atoms with E-state index in [2.05, 4.69) is 0 Å². The molecular formula is C37H31N2O7PS. The number of Topliss-reactive ketones (excluding diaryl/α,β-unsaturated/α-hetero) is 1. The van der Waals surface area contributed by atoms with Crippen LogP contribution in [0, 0.1) is 0 Å². The van der Waals surface area contributed by atoms with Crippen LogP contribution in [0.5, 0.6) is 0 Å². The zero-order chi connectivity index (χ0) is 33.6. The predicted molar refractivity (Wildman–Crippen MR) is 186 cm³/mol. The maximum Gasteiger partial charge on any atom is 0.340 e. The van der Waals surface area contributed by atoms with Crippen molar-refractivity contribution in [1.82, 2.24) is 9.21 Å². The Labute approximate surface area is 277 Å². The summed E-state index contributed by atoms with van der Waals surface area (Å²) in [5, 5.41) is 4.28. The molecule has 1 amide bonds. The molecule has 0 aliphatic carbocycles. The molecule has 7 rings (SSSR count). The molecule has 1 aliphatic rings. The van der Waals surface area contributed by atoms with Gasteiger partial charge in [-0.25, -0.2) is 8.42 Å². The summed E-state index contributed by atoms with van der Waals surface area (Å²) in [6, 6.07) is 34.7. The SMILES string of the molecule is O=C(c1cc2ccccc2cc1C(=O)N1CCN(S(=O)(=O)c2ccc3ccccc3c2)CC1)C(c1cccc2ccccc12)P(=O)(O)O. The first kappa shape index (κ1) is 31.9. The van der Waals surface area contributed by atoms with E-state index in [0.29, 0.717) is 21.5 Å². The number of benzene rings is 6. The summed E-state index contributed by atoms with van der Waals surface area (Å²) in [7, 11) is -8.93. The van der Waals surface area contributed by atoms with Gasteiger partial charge in [-0.05, 0) is 62.1 Å². The minimum absolute atomic E-state index is 0.00298. The van der Waals surface area contributed by atoms with Gasteiger partial charge in [-0.3, -0.25) is 14.2 Å². The first-order valence-electron chi connectivity index (χ1n) is 15.4. The standard InChI is InChI=1S/C37H31N2O7PS/c40-35(36(47(42,43)44)32-15-7-13-26-9-5-6-14-31(26)32)33-23-28-11-3-4-12-29(28)24-34(33)37(41)38-18-20-39(21-19-38)48(45,46)30-17-16-25-8-1-2-10-27(25)22-30/h1-17,22-24,36H,18-21H2,(H2,42,43,44). The highest BCUT2D eigenvalue weighted by Gasteiger charge is 2.41. The van der Waals surface area contributed by atoms with Crippen LogP contribution in [-0.2, 0) is 14.6 Å². The smallest absolute Gasteiger partial charge is 0.336 e. The largest absolute Gasteiger partial charge is 0.340 e. The van der Waals surface area contributed by atoms with Crippen LogP contribution >= 0.6 is 7.60 Å². The van der Waals surface area contributed by atoms with E-state index in [9.17, 15) is 32.4 Å². The molecule has 0 radical (unpaired) electrons. The van der Waals surface area contributed by atoms with E-state index in [4.69, 9.17) is 0 Å². The van der Waals surface area contributed by atoms with Crippen LogP contribution in [0.3, 0.4) is 0 Å². The number of amides is 1. The fraction of sp³-hybridized carbons (Fsp3) is 0.135. The molecule has 9 nitrogen and oxygen atoms in total. The summed E-state index contributed by atoms with van der Waals surface area (Å²) >= 11 is 0. The van der Waals surface area contributed by atoms with Gasteiger partial charge >= 0.3 is 7.60 Å². The van der Waals surface area contributed by atoms with E-state index >= 15 is 0 Å². The molecule has 1 heterocycles. The fourth-order valence-corrected chi connectivity index (χ4v) is 9.00. The summed E-state index contributed by atoms with van der Waals surface area (Å²) in [6.07, 6.45) is 0. The van der Waals surface area contributed by atoms with Crippen LogP contribution in [0.25, 0.3) is 32.3 Å². The maximum atomic E-state index is 14.4. The van der Waals surface area contributed by atoms with Crippen LogP contribution in [0.15, 0.2) is 126 Å². The van der Waals surface area contributed by atoms with Gasteiger partial charge in [0.2, 0.25) is 10.0 Å². The predicted octanol–water partition coefficient (Wildman–Crippen LogP) is 6.39. The first-order valence-corrected chi connectivity index (χ1v) is 18.5. The van der Waals surface area contributed by atoms with Crippen molar-refractivity contribution in [2.24, 2.45) is 0 Å². The number of fused-ring (bicyclic) bond motifs is 3. The Kier molecular flexibility index (Phi) is 8.23. The number of carbonyl (C=O) groups is 2. The lowest BCUT2D eigenvalue weighted by atomic mass is 9.92. The average molecular weight is 679 g/mol. The van der Waals surface area contributed by atoms with Crippen molar-refractivity contribution in [2.75, 3.05) is 26.2 Å². The molecule has 11 heteroatoms. The summed E-state index contributed by atoms with van der Waals surface area (Å²) in [5.74, 6) is -1.39. The molecule has 1 atom stereocenters. The highest BCUT2D eigenvalue weighted by molar-refractivity contribution is 7.89. The van der Waals surface area contributed by atoms with Crippen molar-refractivity contribution >= 4 is 61.6 Å². The molecule has 0 saturated carbocycles. The molecule has 1 fully saturated rings. The van der Waals surface area contributed by atoms with Gasteiger partial charge in [0.1, 0.15) is 5.66 Å². The van der Waals surface area contributed by atoms with Crippen molar-refractivity contribution < 1.29 is 32.4 Å². The number of nitrogens with zero attached hydrogens (tertiary/aromatic N) is 2. The highest BCUT2D eigenvalue weighted by Crippen LogP contribution is 2.55.